The number of allylic oxidation sites excluding steroid dienone is 1. The van der Waals surface area contributed by atoms with E-state index in [1.807, 2.05) is 48.5 Å². The summed E-state index contributed by atoms with van der Waals surface area (Å²) in [5, 5.41) is 15.2. The van der Waals surface area contributed by atoms with Crippen molar-refractivity contribution >= 4 is 30.4 Å². The largest absolute Gasteiger partial charge is 0.407 e. The lowest BCUT2D eigenvalue weighted by Crippen LogP contribution is -2.66. The number of amides is 1. The zero-order valence-electron chi connectivity index (χ0n) is 24.9. The van der Waals surface area contributed by atoms with Crippen LogP contribution in [0.5, 0.6) is 0 Å². The van der Waals surface area contributed by atoms with E-state index in [0.717, 1.165) is 11.1 Å². The molecule has 43 heavy (non-hydrogen) atoms. The summed E-state index contributed by atoms with van der Waals surface area (Å²) in [5.41, 5.74) is 1.28. The smallest absolute Gasteiger partial charge is 0.350 e. The van der Waals surface area contributed by atoms with Crippen molar-refractivity contribution in [2.24, 2.45) is 5.92 Å². The van der Waals surface area contributed by atoms with E-state index in [4.69, 9.17) is 4.43 Å². The van der Waals surface area contributed by atoms with Crippen LogP contribution >= 0.6 is 0 Å². The minimum Gasteiger partial charge on any atom is -0.407 e. The van der Waals surface area contributed by atoms with E-state index in [9.17, 15) is 14.7 Å². The molecular weight excluding hydrogens is 554 g/mol. The maximum Gasteiger partial charge on any atom is 0.350 e. The third-order valence-electron chi connectivity index (χ3n) is 8.22. The molecule has 4 aromatic rings. The second kappa shape index (κ2) is 13.0. The van der Waals surface area contributed by atoms with Crippen LogP contribution in [0.1, 0.15) is 38.8 Å². The third kappa shape index (κ3) is 6.61. The van der Waals surface area contributed by atoms with Crippen LogP contribution in [0.25, 0.3) is 0 Å². The molecule has 0 unspecified atom stereocenters. The van der Waals surface area contributed by atoms with Gasteiger partial charge in [0.2, 0.25) is 5.91 Å². The lowest BCUT2D eigenvalue weighted by Gasteiger charge is -2.43. The molecule has 0 aliphatic heterocycles. The molecule has 0 fully saturated rings. The average molecular weight is 594 g/mol. The van der Waals surface area contributed by atoms with E-state index in [1.165, 1.54) is 10.4 Å². The first kappa shape index (κ1) is 30.3. The maximum absolute atomic E-state index is 13.1. The fourth-order valence-corrected chi connectivity index (χ4v) is 10.7. The van der Waals surface area contributed by atoms with Gasteiger partial charge in [0.15, 0.2) is 0 Å². The van der Waals surface area contributed by atoms with Crippen molar-refractivity contribution in [3.05, 3.63) is 131 Å². The molecule has 8 heteroatoms. The molecule has 1 aliphatic carbocycles. The number of carbonyl (C=O) groups is 1. The molecule has 7 nitrogen and oxygen atoms in total. The molecule has 2 atom stereocenters. The number of carbonyl (C=O) groups excluding carboxylic acids is 1. The first-order chi connectivity index (χ1) is 20.7. The first-order valence-corrected chi connectivity index (χ1v) is 16.6. The van der Waals surface area contributed by atoms with Crippen LogP contribution in [0.4, 0.5) is 5.82 Å². The van der Waals surface area contributed by atoms with Gasteiger partial charge in [0.25, 0.3) is 8.32 Å². The fourth-order valence-electron chi connectivity index (χ4n) is 6.14. The number of hydrogen-bond acceptors (Lipinski definition) is 5. The molecule has 1 heterocycles. The molecule has 1 aromatic heterocycles. The minimum absolute atomic E-state index is 0.0613. The monoisotopic (exact) mass is 593 g/mol. The Kier molecular flexibility index (Phi) is 9.20. The van der Waals surface area contributed by atoms with Crippen LogP contribution in [-0.2, 0) is 15.6 Å². The van der Waals surface area contributed by atoms with Crippen LogP contribution in [0, 0.1) is 5.92 Å². The van der Waals surface area contributed by atoms with Crippen molar-refractivity contribution in [2.75, 3.05) is 18.5 Å². The van der Waals surface area contributed by atoms with Gasteiger partial charge in [0.05, 0.1) is 19.1 Å². The first-order valence-electron chi connectivity index (χ1n) is 14.7. The Morgan fingerprint density at radius 2 is 1.53 bits per heavy atom. The van der Waals surface area contributed by atoms with E-state index < -0.39 is 14.0 Å². The van der Waals surface area contributed by atoms with Crippen LogP contribution < -0.4 is 21.4 Å². The third-order valence-corrected chi connectivity index (χ3v) is 13.2. The van der Waals surface area contributed by atoms with Crippen molar-refractivity contribution in [3.63, 3.8) is 0 Å². The molecule has 5 rings (SSSR count). The highest BCUT2D eigenvalue weighted by Crippen LogP contribution is 2.39. The Bertz CT molecular complexity index is 1580. The van der Waals surface area contributed by atoms with Gasteiger partial charge in [-0.05, 0) is 39.0 Å². The number of nitrogens with one attached hydrogen (secondary N) is 1. The normalized spacial score (nSPS) is 17.0. The predicted octanol–water partition coefficient (Wildman–Crippen LogP) is 4.48. The van der Waals surface area contributed by atoms with Crippen LogP contribution in [0.2, 0.25) is 5.04 Å². The van der Waals surface area contributed by atoms with Gasteiger partial charge >= 0.3 is 5.69 Å². The van der Waals surface area contributed by atoms with E-state index >= 15 is 0 Å². The summed E-state index contributed by atoms with van der Waals surface area (Å²) < 4.78 is 8.71. The summed E-state index contributed by atoms with van der Waals surface area (Å²) in [5.74, 6) is -0.0772. The Labute approximate surface area is 254 Å². The summed E-state index contributed by atoms with van der Waals surface area (Å²) >= 11 is 0. The average Bonchev–Trinajstić information content (AvgIpc) is 3.41. The fraction of sp³-hybridized carbons (Fsp3) is 0.286. The Morgan fingerprint density at radius 1 is 0.953 bits per heavy atom. The van der Waals surface area contributed by atoms with Crippen molar-refractivity contribution < 1.29 is 14.3 Å². The molecule has 222 valence electrons. The number of nitrogens with zero attached hydrogens (tertiary/aromatic N) is 2. The minimum atomic E-state index is -2.75. The zero-order valence-corrected chi connectivity index (χ0v) is 25.9. The van der Waals surface area contributed by atoms with E-state index in [0.29, 0.717) is 13.0 Å². The van der Waals surface area contributed by atoms with E-state index in [1.54, 1.807) is 16.8 Å². The van der Waals surface area contributed by atoms with Crippen molar-refractivity contribution in [1.82, 2.24) is 9.55 Å². The summed E-state index contributed by atoms with van der Waals surface area (Å²) in [6.07, 6.45) is 4.42. The van der Waals surface area contributed by atoms with Gasteiger partial charge in [-0.2, -0.15) is 4.98 Å². The number of aliphatic hydroxyl groups excluding tert-OH is 1. The lowest BCUT2D eigenvalue weighted by atomic mass is 10.0. The Balaban J connectivity index is 1.34. The van der Waals surface area contributed by atoms with Gasteiger partial charge in [-0.1, -0.05) is 118 Å². The summed E-state index contributed by atoms with van der Waals surface area (Å²) in [6.45, 7) is 7.04. The van der Waals surface area contributed by atoms with E-state index in [2.05, 4.69) is 79.6 Å². The Hall–Kier alpha value is -4.11. The van der Waals surface area contributed by atoms with Gasteiger partial charge in [-0.25, -0.2) is 4.79 Å². The number of aromatic nitrogens is 2. The number of benzene rings is 3. The molecule has 0 saturated carbocycles. The molecule has 0 radical (unpaired) electrons. The number of anilines is 1. The molecule has 0 saturated heterocycles. The second-order valence-corrected chi connectivity index (χ2v) is 16.4. The highest BCUT2D eigenvalue weighted by molar-refractivity contribution is 6.99. The second-order valence-electron chi connectivity index (χ2n) is 12.1. The molecule has 1 aliphatic rings. The molecular formula is C35H39N3O4Si. The van der Waals surface area contributed by atoms with Crippen molar-refractivity contribution in [3.8, 4) is 0 Å². The van der Waals surface area contributed by atoms with Crippen molar-refractivity contribution in [2.45, 2.75) is 44.7 Å². The zero-order chi connectivity index (χ0) is 30.5. The standard InChI is InChI=1S/C35H39N3O4Si/c1-35(2,3)43(30-15-9-5-10-16-30,31-17-11-6-12-18-31)42-25-28-23-29(22-27(28)24-39)38-20-19-32(37-34(38)41)36-33(40)21-26-13-7-4-8-14-26/h4-20,22,28-29,39H,21,23-25H2,1-3H3,(H,36,37,40,41)/t28-,29+/m1/s1. The lowest BCUT2D eigenvalue weighted by molar-refractivity contribution is -0.115. The van der Waals surface area contributed by atoms with Crippen LogP contribution in [-0.4, -0.2) is 42.1 Å². The summed E-state index contributed by atoms with van der Waals surface area (Å²) in [4.78, 5) is 29.7. The summed E-state index contributed by atoms with van der Waals surface area (Å²) in [7, 11) is -2.75. The van der Waals surface area contributed by atoms with Gasteiger partial charge < -0.3 is 14.8 Å². The Morgan fingerprint density at radius 3 is 2.07 bits per heavy atom. The van der Waals surface area contributed by atoms with Crippen LogP contribution in [0.15, 0.2) is 120 Å². The quantitative estimate of drug-likeness (QED) is 0.209. The number of hydrogen-bond donors (Lipinski definition) is 2. The number of aliphatic hydroxyl groups is 1. The molecule has 0 spiro atoms. The topological polar surface area (TPSA) is 93.5 Å². The molecule has 0 bridgehead atoms. The summed E-state index contributed by atoms with van der Waals surface area (Å²) in [6, 6.07) is 31.7. The molecule has 3 aromatic carbocycles. The van der Waals surface area contributed by atoms with Gasteiger partial charge in [-0.15, -0.1) is 0 Å². The SMILES string of the molecule is CC(C)(C)[Si](OC[C@H]1C[C@@H](n2ccc(NC(=O)Cc3ccccc3)nc2=O)C=C1CO)(c1ccccc1)c1ccccc1. The number of rotatable bonds is 10. The highest BCUT2D eigenvalue weighted by atomic mass is 28.4. The highest BCUT2D eigenvalue weighted by Gasteiger charge is 2.50. The molecule has 2 N–H and O–H groups in total. The van der Waals surface area contributed by atoms with Gasteiger partial charge in [0.1, 0.15) is 5.82 Å². The molecule has 1 amide bonds. The van der Waals surface area contributed by atoms with Gasteiger partial charge in [0, 0.05) is 18.7 Å². The maximum atomic E-state index is 13.1. The predicted molar refractivity (Wildman–Crippen MR) is 173 cm³/mol. The van der Waals surface area contributed by atoms with E-state index in [-0.39, 0.29) is 41.8 Å². The van der Waals surface area contributed by atoms with Gasteiger partial charge in [-0.3, -0.25) is 9.36 Å². The van der Waals surface area contributed by atoms with Crippen LogP contribution in [0.3, 0.4) is 0 Å². The van der Waals surface area contributed by atoms with Crippen molar-refractivity contribution in [1.29, 1.82) is 0 Å².